The minimum Gasteiger partial charge on any atom is -0.469 e. The molecule has 1 rings (SSSR count). The molecule has 0 spiro atoms. The van der Waals surface area contributed by atoms with Crippen LogP contribution in [-0.4, -0.2) is 39.2 Å². The molecule has 0 amide bonds. The number of hydrogen-bond donors (Lipinski definition) is 2. The summed E-state index contributed by atoms with van der Waals surface area (Å²) in [6.45, 7) is 6.10. The number of methoxy groups -OCH3 is 1. The van der Waals surface area contributed by atoms with E-state index in [1.807, 2.05) is 0 Å². The first kappa shape index (κ1) is 21.5. The fraction of sp³-hybridized carbons (Fsp3) is 0.875. The van der Waals surface area contributed by atoms with Gasteiger partial charge in [0, 0.05) is 20.1 Å². The number of aliphatic imine (C=N–C) groups is 1. The molecular formula is C16H32IN3O2. The third-order valence-corrected chi connectivity index (χ3v) is 4.21. The molecule has 0 saturated heterocycles. The SMILES string of the molecule is CN=C(NCCC(=O)OC)NCC1(CC(C)C)CCCC1.I. The zero-order valence-corrected chi connectivity index (χ0v) is 16.7. The summed E-state index contributed by atoms with van der Waals surface area (Å²) in [5.74, 6) is 1.29. The monoisotopic (exact) mass is 425 g/mol. The highest BCUT2D eigenvalue weighted by Crippen LogP contribution is 2.42. The molecule has 0 aromatic heterocycles. The lowest BCUT2D eigenvalue weighted by molar-refractivity contribution is -0.140. The minimum absolute atomic E-state index is 0. The van der Waals surface area contributed by atoms with Gasteiger partial charge in [-0.25, -0.2) is 0 Å². The number of rotatable bonds is 7. The largest absolute Gasteiger partial charge is 0.469 e. The maximum atomic E-state index is 11.1. The smallest absolute Gasteiger partial charge is 0.307 e. The lowest BCUT2D eigenvalue weighted by Gasteiger charge is -2.31. The van der Waals surface area contributed by atoms with Crippen molar-refractivity contribution in [2.24, 2.45) is 16.3 Å². The van der Waals surface area contributed by atoms with E-state index in [2.05, 4.69) is 34.2 Å². The molecule has 0 unspecified atom stereocenters. The Bertz CT molecular complexity index is 353. The fourth-order valence-corrected chi connectivity index (χ4v) is 3.32. The number of hydrogen-bond acceptors (Lipinski definition) is 3. The van der Waals surface area contributed by atoms with Crippen molar-refractivity contribution in [1.82, 2.24) is 10.6 Å². The third kappa shape index (κ3) is 7.65. The second kappa shape index (κ2) is 11.1. The first-order valence-electron chi connectivity index (χ1n) is 8.03. The van der Waals surface area contributed by atoms with Crippen LogP contribution in [0.5, 0.6) is 0 Å². The minimum atomic E-state index is -0.204. The molecule has 0 radical (unpaired) electrons. The molecule has 1 aliphatic rings. The first-order chi connectivity index (χ1) is 10.0. The van der Waals surface area contributed by atoms with E-state index in [1.165, 1.54) is 39.2 Å². The van der Waals surface area contributed by atoms with Gasteiger partial charge in [-0.05, 0) is 30.6 Å². The highest BCUT2D eigenvalue weighted by molar-refractivity contribution is 14.0. The van der Waals surface area contributed by atoms with Crippen molar-refractivity contribution < 1.29 is 9.53 Å². The standard InChI is InChI=1S/C16H31N3O2.HI/c1-13(2)11-16(8-5-6-9-16)12-19-15(17-3)18-10-7-14(20)21-4;/h13H,5-12H2,1-4H3,(H2,17,18,19);1H. The van der Waals surface area contributed by atoms with Gasteiger partial charge in [0.25, 0.3) is 0 Å². The molecule has 0 aliphatic heterocycles. The molecule has 0 aromatic rings. The second-order valence-electron chi connectivity index (χ2n) is 6.48. The van der Waals surface area contributed by atoms with Crippen LogP contribution in [0.25, 0.3) is 0 Å². The number of nitrogens with zero attached hydrogens (tertiary/aromatic N) is 1. The van der Waals surface area contributed by atoms with Crippen molar-refractivity contribution in [2.45, 2.75) is 52.4 Å². The highest BCUT2D eigenvalue weighted by Gasteiger charge is 2.34. The molecule has 2 N–H and O–H groups in total. The van der Waals surface area contributed by atoms with Crippen LogP contribution in [0.1, 0.15) is 52.4 Å². The van der Waals surface area contributed by atoms with E-state index in [9.17, 15) is 4.79 Å². The van der Waals surface area contributed by atoms with Gasteiger partial charge in [-0.2, -0.15) is 0 Å². The lowest BCUT2D eigenvalue weighted by Crippen LogP contribution is -2.44. The normalized spacial score (nSPS) is 17.0. The van der Waals surface area contributed by atoms with Crippen LogP contribution >= 0.6 is 24.0 Å². The van der Waals surface area contributed by atoms with Gasteiger partial charge in [0.05, 0.1) is 13.5 Å². The van der Waals surface area contributed by atoms with Crippen LogP contribution in [-0.2, 0) is 9.53 Å². The summed E-state index contributed by atoms with van der Waals surface area (Å²) in [6, 6.07) is 0. The molecule has 0 bridgehead atoms. The van der Waals surface area contributed by atoms with Crippen LogP contribution in [0.15, 0.2) is 4.99 Å². The van der Waals surface area contributed by atoms with E-state index >= 15 is 0 Å². The van der Waals surface area contributed by atoms with Gasteiger partial charge in [0.15, 0.2) is 5.96 Å². The van der Waals surface area contributed by atoms with Crippen molar-refractivity contribution in [3.05, 3.63) is 0 Å². The molecule has 1 aliphatic carbocycles. The molecule has 0 heterocycles. The van der Waals surface area contributed by atoms with Crippen LogP contribution in [0.3, 0.4) is 0 Å². The molecule has 1 saturated carbocycles. The topological polar surface area (TPSA) is 62.7 Å². The molecule has 5 nitrogen and oxygen atoms in total. The van der Waals surface area contributed by atoms with Crippen LogP contribution in [0.2, 0.25) is 0 Å². The average molecular weight is 425 g/mol. The summed E-state index contributed by atoms with van der Waals surface area (Å²) in [7, 11) is 3.17. The highest BCUT2D eigenvalue weighted by atomic mass is 127. The molecule has 1 fully saturated rings. The van der Waals surface area contributed by atoms with Crippen LogP contribution in [0, 0.1) is 11.3 Å². The van der Waals surface area contributed by atoms with E-state index in [-0.39, 0.29) is 29.9 Å². The van der Waals surface area contributed by atoms with Crippen molar-refractivity contribution >= 4 is 35.9 Å². The van der Waals surface area contributed by atoms with Gasteiger partial charge >= 0.3 is 5.97 Å². The zero-order chi connectivity index (χ0) is 15.7. The van der Waals surface area contributed by atoms with Crippen molar-refractivity contribution in [3.8, 4) is 0 Å². The maximum Gasteiger partial charge on any atom is 0.307 e. The van der Waals surface area contributed by atoms with Gasteiger partial charge in [0.1, 0.15) is 0 Å². The van der Waals surface area contributed by atoms with Gasteiger partial charge in [-0.3, -0.25) is 9.79 Å². The van der Waals surface area contributed by atoms with Crippen molar-refractivity contribution in [2.75, 3.05) is 27.2 Å². The second-order valence-corrected chi connectivity index (χ2v) is 6.48. The number of carbonyl (C=O) groups is 1. The maximum absolute atomic E-state index is 11.1. The summed E-state index contributed by atoms with van der Waals surface area (Å²) in [6.07, 6.45) is 6.90. The predicted octanol–water partition coefficient (Wildman–Crippen LogP) is 2.94. The summed E-state index contributed by atoms with van der Waals surface area (Å²) < 4.78 is 4.63. The number of ether oxygens (including phenoxy) is 1. The Morgan fingerprint density at radius 3 is 2.41 bits per heavy atom. The van der Waals surface area contributed by atoms with Gasteiger partial charge in [0.2, 0.25) is 0 Å². The number of carbonyl (C=O) groups excluding carboxylic acids is 1. The number of nitrogens with one attached hydrogen (secondary N) is 2. The van der Waals surface area contributed by atoms with Crippen LogP contribution < -0.4 is 10.6 Å². The average Bonchev–Trinajstić information content (AvgIpc) is 2.90. The third-order valence-electron chi connectivity index (χ3n) is 4.21. The van der Waals surface area contributed by atoms with Crippen LogP contribution in [0.4, 0.5) is 0 Å². The Kier molecular flexibility index (Phi) is 10.8. The quantitative estimate of drug-likeness (QED) is 0.285. The number of esters is 1. The summed E-state index contributed by atoms with van der Waals surface area (Å²) >= 11 is 0. The Labute approximate surface area is 152 Å². The predicted molar refractivity (Wildman–Crippen MR) is 102 cm³/mol. The first-order valence-corrected chi connectivity index (χ1v) is 8.03. The molecular weight excluding hydrogens is 393 g/mol. The summed E-state index contributed by atoms with van der Waals surface area (Å²) in [5, 5.41) is 6.60. The number of guanidine groups is 1. The summed E-state index contributed by atoms with van der Waals surface area (Å²) in [4.78, 5) is 15.3. The summed E-state index contributed by atoms with van der Waals surface area (Å²) in [5.41, 5.74) is 0.411. The fourth-order valence-electron chi connectivity index (χ4n) is 3.32. The van der Waals surface area contributed by atoms with E-state index in [4.69, 9.17) is 0 Å². The zero-order valence-electron chi connectivity index (χ0n) is 14.4. The molecule has 0 atom stereocenters. The van der Waals surface area contributed by atoms with E-state index in [0.29, 0.717) is 18.4 Å². The van der Waals surface area contributed by atoms with E-state index in [0.717, 1.165) is 18.4 Å². The van der Waals surface area contributed by atoms with Crippen molar-refractivity contribution in [1.29, 1.82) is 0 Å². The van der Waals surface area contributed by atoms with Crippen molar-refractivity contribution in [3.63, 3.8) is 0 Å². The van der Waals surface area contributed by atoms with E-state index in [1.54, 1.807) is 7.05 Å². The molecule has 22 heavy (non-hydrogen) atoms. The molecule has 0 aromatic carbocycles. The lowest BCUT2D eigenvalue weighted by atomic mass is 9.78. The van der Waals surface area contributed by atoms with Gasteiger partial charge in [-0.15, -0.1) is 24.0 Å². The van der Waals surface area contributed by atoms with E-state index < -0.39 is 0 Å². The number of halogens is 1. The van der Waals surface area contributed by atoms with Gasteiger partial charge in [-0.1, -0.05) is 26.7 Å². The Balaban J connectivity index is 0.00000441. The Hall–Kier alpha value is -0.530. The Morgan fingerprint density at radius 2 is 1.91 bits per heavy atom. The molecule has 130 valence electrons. The molecule has 6 heteroatoms. The van der Waals surface area contributed by atoms with Gasteiger partial charge < -0.3 is 15.4 Å². The Morgan fingerprint density at radius 1 is 1.27 bits per heavy atom.